The molecule has 0 atom stereocenters. The fourth-order valence-electron chi connectivity index (χ4n) is 16.3. The van der Waals surface area contributed by atoms with Gasteiger partial charge in [0.25, 0.3) is 6.71 Å². The van der Waals surface area contributed by atoms with E-state index in [2.05, 4.69) is 144 Å². The highest BCUT2D eigenvalue weighted by atomic mass is 32.2. The second kappa shape index (κ2) is 25.4. The van der Waals surface area contributed by atoms with Gasteiger partial charge in [-0.15, -0.1) is 0 Å². The summed E-state index contributed by atoms with van der Waals surface area (Å²) in [5.41, 5.74) is 18.1. The molecule has 0 amide bonds. The molecule has 0 unspecified atom stereocenters. The van der Waals surface area contributed by atoms with E-state index in [0.29, 0.717) is 45.3 Å². The Morgan fingerprint density at radius 3 is 1.18 bits per heavy atom. The molecule has 0 N–H and O–H groups in total. The lowest BCUT2D eigenvalue weighted by atomic mass is 9.31. The van der Waals surface area contributed by atoms with Crippen LogP contribution in [-0.2, 0) is 0 Å². The van der Waals surface area contributed by atoms with E-state index in [9.17, 15) is 0 Å². The van der Waals surface area contributed by atoms with Crippen molar-refractivity contribution in [3.63, 3.8) is 0 Å². The summed E-state index contributed by atoms with van der Waals surface area (Å²) in [4.78, 5) is 11.1. The quantitative estimate of drug-likeness (QED) is 0.0889. The average molecular weight is 1390 g/mol. The highest BCUT2D eigenvalue weighted by Gasteiger charge is 2.49. The van der Waals surface area contributed by atoms with Crippen molar-refractivity contribution in [2.45, 2.75) is 16.7 Å². The Labute approximate surface area is 608 Å². The van der Waals surface area contributed by atoms with Crippen LogP contribution in [-0.4, -0.2) is 13.4 Å². The fourth-order valence-corrected chi connectivity index (χ4v) is 17.5. The first-order valence-electron chi connectivity index (χ1n) is 34.8. The first-order chi connectivity index (χ1) is 51.5. The molecule has 5 nitrogen and oxygen atoms in total. The Bertz CT molecular complexity index is 5830. The van der Waals surface area contributed by atoms with Crippen LogP contribution in [0.1, 0.15) is 5.56 Å². The molecule has 14 heteroatoms. The largest absolute Gasteiger partial charge is 0.310 e. The van der Waals surface area contributed by atoms with Crippen molar-refractivity contribution in [3.8, 4) is 33.4 Å². The monoisotopic (exact) mass is 1390 g/mol. The van der Waals surface area contributed by atoms with Crippen LogP contribution in [0.3, 0.4) is 0 Å². The molecular formula is C91H57B2F6N5S. The van der Waals surface area contributed by atoms with Crippen molar-refractivity contribution >= 4 is 143 Å². The summed E-state index contributed by atoms with van der Waals surface area (Å²) >= 11 is 1.58. The van der Waals surface area contributed by atoms with Gasteiger partial charge in [0.2, 0.25) is 6.71 Å². The van der Waals surface area contributed by atoms with Gasteiger partial charge < -0.3 is 24.5 Å². The number of benzene rings is 15. The highest BCUT2D eigenvalue weighted by Crippen LogP contribution is 2.54. The molecule has 0 saturated heterocycles. The van der Waals surface area contributed by atoms with Gasteiger partial charge in [0.05, 0.1) is 11.4 Å². The molecule has 500 valence electrons. The van der Waals surface area contributed by atoms with Crippen LogP contribution < -0.4 is 57.3 Å². The van der Waals surface area contributed by atoms with E-state index in [0.717, 1.165) is 104 Å². The zero-order valence-electron chi connectivity index (χ0n) is 56.2. The molecule has 0 spiro atoms. The Balaban J connectivity index is 0.908. The molecule has 19 rings (SSSR count). The molecule has 0 fully saturated rings. The van der Waals surface area contributed by atoms with Crippen LogP contribution in [0.5, 0.6) is 0 Å². The number of fused-ring (bicyclic) bond motifs is 8. The van der Waals surface area contributed by atoms with Crippen LogP contribution in [0, 0.1) is 41.8 Å². The third-order valence-electron chi connectivity index (χ3n) is 20.8. The van der Waals surface area contributed by atoms with Gasteiger partial charge >= 0.3 is 0 Å². The summed E-state index contributed by atoms with van der Waals surface area (Å²) in [7, 11) is 0. The minimum atomic E-state index is -0.829. The van der Waals surface area contributed by atoms with Crippen molar-refractivity contribution in [1.29, 1.82) is 0 Å². The molecule has 0 aromatic heterocycles. The molecule has 0 bridgehead atoms. The second-order valence-electron chi connectivity index (χ2n) is 26.7. The minimum absolute atomic E-state index is 0.222. The number of nitrogens with zero attached hydrogens (tertiary/aromatic N) is 5. The second-order valence-corrected chi connectivity index (χ2v) is 27.8. The molecule has 0 aliphatic carbocycles. The summed E-state index contributed by atoms with van der Waals surface area (Å²) in [6.07, 6.45) is 0. The van der Waals surface area contributed by atoms with E-state index >= 15 is 26.3 Å². The molecule has 0 radical (unpaired) electrons. The van der Waals surface area contributed by atoms with Crippen LogP contribution in [0.15, 0.2) is 337 Å². The van der Waals surface area contributed by atoms with Gasteiger partial charge in [-0.2, -0.15) is 0 Å². The van der Waals surface area contributed by atoms with E-state index in [1.54, 1.807) is 56.8 Å². The predicted molar refractivity (Wildman–Crippen MR) is 421 cm³/mol. The highest BCUT2D eigenvalue weighted by molar-refractivity contribution is 8.00. The number of hydrogen-bond acceptors (Lipinski definition) is 6. The predicted octanol–water partition coefficient (Wildman–Crippen LogP) is 21.6. The molecule has 15 aromatic carbocycles. The summed E-state index contributed by atoms with van der Waals surface area (Å²) in [6.45, 7) is 0.843. The van der Waals surface area contributed by atoms with E-state index in [-0.39, 0.29) is 17.1 Å². The van der Waals surface area contributed by atoms with Gasteiger partial charge in [-0.25, -0.2) is 26.3 Å². The van der Waals surface area contributed by atoms with Gasteiger partial charge in [0.15, 0.2) is 0 Å². The van der Waals surface area contributed by atoms with Crippen molar-refractivity contribution in [2.75, 3.05) is 24.5 Å². The van der Waals surface area contributed by atoms with Crippen LogP contribution >= 0.6 is 11.8 Å². The first kappa shape index (κ1) is 63.3. The van der Waals surface area contributed by atoms with E-state index in [1.807, 2.05) is 115 Å². The van der Waals surface area contributed by atoms with Gasteiger partial charge in [0, 0.05) is 72.2 Å². The average Bonchev–Trinajstić information content (AvgIpc) is 0.685. The van der Waals surface area contributed by atoms with E-state index < -0.39 is 48.3 Å². The number of anilines is 15. The lowest BCUT2D eigenvalue weighted by Gasteiger charge is -2.46. The zero-order valence-corrected chi connectivity index (χ0v) is 57.1. The third kappa shape index (κ3) is 10.4. The SMILES string of the molecule is Cc1cccc(-c2ccccc2)c1N1c2cc3c(cc2B2c4ccccc4N(c4c(F)cccc4F)c4cc(N(c5ccccc5)c5c(F)cccc5F)cc1c42)B1c2ccccc2N(c2c(F)cccc2F)c2cc(N(c4ccc(-c5ccccc5)cc4)c4ccc(-c5ccccc5)cc4)cc(c21)S3. The molecule has 0 saturated carbocycles. The van der Waals surface area contributed by atoms with Crippen LogP contribution in [0.25, 0.3) is 33.4 Å². The molecule has 4 aliphatic rings. The molecular weight excluding hydrogens is 1330 g/mol. The molecule has 4 heterocycles. The van der Waals surface area contributed by atoms with Crippen molar-refractivity contribution in [2.24, 2.45) is 0 Å². The molecule has 4 aliphatic heterocycles. The number of para-hydroxylation sites is 7. The maximum absolute atomic E-state index is 17.4. The van der Waals surface area contributed by atoms with Crippen molar-refractivity contribution < 1.29 is 26.3 Å². The topological polar surface area (TPSA) is 16.2 Å². The number of rotatable bonds is 12. The standard InChI is InChI=1S/C91H57B2F6N5S/c1-56-22-18-31-67(61-27-10-4-11-28-61)88(56)104-80-55-84-71(54-70(80)92-68-32-14-16-40-78(68)102(90-74(96)36-20-37-75(90)97)81-50-65(51-82(104)86(81)92)101(62-29-12-5-13-30-62)89-72(94)34-19-35-73(89)95)93-69-33-15-17-41-79(69)103(91-76(98)38-21-39-77(91)99)83-52-66(53-85(105-84)87(83)93)100(63-46-42-59(43-47-63)57-23-6-2-7-24-57)64-48-44-60(45-49-64)58-25-8-3-9-26-58/h2-55H,1H3. The first-order valence-corrected chi connectivity index (χ1v) is 35.6. The smallest absolute Gasteiger partial charge is 0.252 e. The Kier molecular flexibility index (Phi) is 15.3. The van der Waals surface area contributed by atoms with Crippen molar-refractivity contribution in [3.05, 3.63) is 368 Å². The fraction of sp³-hybridized carbons (Fsp3) is 0.0110. The normalized spacial score (nSPS) is 12.8. The number of halogens is 6. The van der Waals surface area contributed by atoms with E-state index in [4.69, 9.17) is 0 Å². The van der Waals surface area contributed by atoms with Crippen molar-refractivity contribution in [1.82, 2.24) is 0 Å². The van der Waals surface area contributed by atoms with Gasteiger partial charge in [-0.1, -0.05) is 230 Å². The number of aryl methyl sites for hydroxylation is 1. The van der Waals surface area contributed by atoms with Gasteiger partial charge in [-0.3, -0.25) is 0 Å². The zero-order chi connectivity index (χ0) is 70.7. The Morgan fingerprint density at radius 2 is 0.667 bits per heavy atom. The Hall–Kier alpha value is -12.6. The number of hydrogen-bond donors (Lipinski definition) is 0. The van der Waals surface area contributed by atoms with E-state index in [1.165, 1.54) is 54.6 Å². The Morgan fingerprint density at radius 1 is 0.267 bits per heavy atom. The summed E-state index contributed by atoms with van der Waals surface area (Å²) in [5.74, 6) is -4.78. The minimum Gasteiger partial charge on any atom is -0.310 e. The summed E-state index contributed by atoms with van der Waals surface area (Å²) < 4.78 is 103. The third-order valence-corrected chi connectivity index (χ3v) is 21.9. The van der Waals surface area contributed by atoms with Gasteiger partial charge in [-0.05, 0) is 183 Å². The van der Waals surface area contributed by atoms with Gasteiger partial charge in [0.1, 0.15) is 52.0 Å². The maximum atomic E-state index is 17.4. The molecule has 15 aromatic rings. The van der Waals surface area contributed by atoms with Crippen LogP contribution in [0.4, 0.5) is 112 Å². The summed E-state index contributed by atoms with van der Waals surface area (Å²) in [5, 5.41) is 0. The summed E-state index contributed by atoms with van der Waals surface area (Å²) in [6, 6.07) is 102. The lowest BCUT2D eigenvalue weighted by Crippen LogP contribution is -2.64. The maximum Gasteiger partial charge on any atom is 0.252 e. The lowest BCUT2D eigenvalue weighted by molar-refractivity contribution is 0.585. The van der Waals surface area contributed by atoms with Crippen LogP contribution in [0.2, 0.25) is 0 Å². The molecule has 105 heavy (non-hydrogen) atoms.